The summed E-state index contributed by atoms with van der Waals surface area (Å²) >= 11 is 5.04. The first-order valence-electron chi connectivity index (χ1n) is 2.51. The quantitative estimate of drug-likeness (QED) is 0.395. The van der Waals surface area contributed by atoms with Gasteiger partial charge in [0.1, 0.15) is 6.04 Å². The SMILES string of the molecule is NC(N)=O.N[C@@H](CCl)C(=O)O. The standard InChI is InChI=1S/C3H6ClNO2.CH4N2O/c4-1-2(5)3(6)7;2-1(3)4/h2H,1,5H2,(H,6,7);(H4,2,3,4)/t2-;/m0./s1. The van der Waals surface area contributed by atoms with Crippen molar-refractivity contribution in [3.8, 4) is 0 Å². The minimum absolute atomic E-state index is 0.0324. The van der Waals surface area contributed by atoms with E-state index in [2.05, 4.69) is 11.5 Å². The summed E-state index contributed by atoms with van der Waals surface area (Å²) in [6.45, 7) is 0. The molecule has 0 bridgehead atoms. The summed E-state index contributed by atoms with van der Waals surface area (Å²) in [6, 6.07) is -1.75. The first kappa shape index (κ1) is 12.6. The highest BCUT2D eigenvalue weighted by atomic mass is 35.5. The van der Waals surface area contributed by atoms with Crippen LogP contribution in [-0.2, 0) is 4.79 Å². The number of rotatable bonds is 2. The van der Waals surface area contributed by atoms with Crippen molar-refractivity contribution < 1.29 is 14.7 Å². The lowest BCUT2D eigenvalue weighted by molar-refractivity contribution is -0.137. The number of hydrogen-bond donors (Lipinski definition) is 4. The summed E-state index contributed by atoms with van der Waals surface area (Å²) in [7, 11) is 0. The van der Waals surface area contributed by atoms with Crippen LogP contribution >= 0.6 is 11.6 Å². The van der Waals surface area contributed by atoms with Crippen LogP contribution in [0.3, 0.4) is 0 Å². The highest BCUT2D eigenvalue weighted by Crippen LogP contribution is 1.80. The van der Waals surface area contributed by atoms with Crippen LogP contribution in [0.2, 0.25) is 0 Å². The van der Waals surface area contributed by atoms with Gasteiger partial charge in [-0.25, -0.2) is 4.79 Å². The number of carbonyl (C=O) groups is 2. The number of aliphatic carboxylic acids is 1. The molecule has 7 heteroatoms. The highest BCUT2D eigenvalue weighted by molar-refractivity contribution is 6.19. The Morgan fingerprint density at radius 3 is 1.73 bits per heavy atom. The summed E-state index contributed by atoms with van der Waals surface area (Å²) < 4.78 is 0. The van der Waals surface area contributed by atoms with E-state index in [4.69, 9.17) is 27.2 Å². The van der Waals surface area contributed by atoms with Crippen molar-refractivity contribution in [3.05, 3.63) is 0 Å². The molecule has 0 unspecified atom stereocenters. The van der Waals surface area contributed by atoms with E-state index < -0.39 is 18.0 Å². The molecule has 0 spiro atoms. The zero-order valence-electron chi connectivity index (χ0n) is 5.66. The fourth-order valence-corrected chi connectivity index (χ4v) is 0.198. The highest BCUT2D eigenvalue weighted by Gasteiger charge is 2.07. The van der Waals surface area contributed by atoms with Gasteiger partial charge in [-0.15, -0.1) is 11.6 Å². The van der Waals surface area contributed by atoms with E-state index in [9.17, 15) is 4.79 Å². The molecular formula is C4H10ClN3O3. The average Bonchev–Trinajstić information content (AvgIpc) is 1.85. The smallest absolute Gasteiger partial charge is 0.321 e. The lowest BCUT2D eigenvalue weighted by atomic mass is 10.4. The number of carboxylic acid groups (broad SMARTS) is 1. The Morgan fingerprint density at radius 1 is 1.45 bits per heavy atom. The molecule has 0 rings (SSSR count). The van der Waals surface area contributed by atoms with E-state index in [1.165, 1.54) is 0 Å². The van der Waals surface area contributed by atoms with Gasteiger partial charge in [-0.3, -0.25) is 4.79 Å². The third-order valence-corrected chi connectivity index (χ3v) is 0.816. The summed E-state index contributed by atoms with van der Waals surface area (Å²) in [5, 5.41) is 7.97. The second-order valence-electron chi connectivity index (χ2n) is 1.50. The Labute approximate surface area is 68.3 Å². The molecule has 0 fully saturated rings. The molecule has 0 aromatic rings. The van der Waals surface area contributed by atoms with Gasteiger partial charge in [-0.05, 0) is 0 Å². The van der Waals surface area contributed by atoms with E-state index in [0.29, 0.717) is 0 Å². The average molecular weight is 184 g/mol. The second-order valence-corrected chi connectivity index (χ2v) is 1.81. The van der Waals surface area contributed by atoms with Gasteiger partial charge in [0.15, 0.2) is 0 Å². The van der Waals surface area contributed by atoms with Gasteiger partial charge in [0, 0.05) is 5.88 Å². The molecule has 0 saturated carbocycles. The maximum Gasteiger partial charge on any atom is 0.321 e. The van der Waals surface area contributed by atoms with E-state index in [1.54, 1.807) is 0 Å². The second kappa shape index (κ2) is 7.10. The number of hydrogen-bond acceptors (Lipinski definition) is 3. The Kier molecular flexibility index (Phi) is 8.16. The molecule has 1 atom stereocenters. The van der Waals surface area contributed by atoms with Crippen molar-refractivity contribution in [2.45, 2.75) is 6.04 Å². The molecule has 0 aliphatic carbocycles. The van der Waals surface area contributed by atoms with E-state index in [0.717, 1.165) is 0 Å². The monoisotopic (exact) mass is 183 g/mol. The normalized spacial score (nSPS) is 10.7. The fraction of sp³-hybridized carbons (Fsp3) is 0.500. The van der Waals surface area contributed by atoms with Crippen LogP contribution in [0.15, 0.2) is 0 Å². The van der Waals surface area contributed by atoms with Crippen LogP contribution in [0.1, 0.15) is 0 Å². The Morgan fingerprint density at radius 2 is 1.73 bits per heavy atom. The molecule has 11 heavy (non-hydrogen) atoms. The van der Waals surface area contributed by atoms with Gasteiger partial charge in [0.05, 0.1) is 0 Å². The third kappa shape index (κ3) is 17.6. The van der Waals surface area contributed by atoms with Crippen LogP contribution in [0.4, 0.5) is 4.79 Å². The zero-order chi connectivity index (χ0) is 9.44. The summed E-state index contributed by atoms with van der Waals surface area (Å²) in [5.41, 5.74) is 13.4. The van der Waals surface area contributed by atoms with Crippen molar-refractivity contribution in [2.75, 3.05) is 5.88 Å². The largest absolute Gasteiger partial charge is 0.480 e. The predicted octanol–water partition coefficient (Wildman–Crippen LogP) is -1.34. The molecule has 66 valence electrons. The van der Waals surface area contributed by atoms with Gasteiger partial charge in [0.2, 0.25) is 0 Å². The summed E-state index contributed by atoms with van der Waals surface area (Å²) in [6.07, 6.45) is 0. The number of carboxylic acids is 1. The third-order valence-electron chi connectivity index (χ3n) is 0.483. The molecule has 0 aromatic heterocycles. The predicted molar refractivity (Wildman–Crippen MR) is 40.1 cm³/mol. The van der Waals surface area contributed by atoms with Crippen molar-refractivity contribution >= 4 is 23.6 Å². The Bertz CT molecular complexity index is 137. The molecule has 0 radical (unpaired) electrons. The Hall–Kier alpha value is -1.01. The molecule has 0 aliphatic rings. The minimum Gasteiger partial charge on any atom is -0.480 e. The maximum atomic E-state index is 9.72. The Balaban J connectivity index is 0. The number of urea groups is 1. The number of primary amides is 2. The van der Waals surface area contributed by atoms with Crippen LogP contribution in [0.25, 0.3) is 0 Å². The number of nitrogens with two attached hydrogens (primary N) is 3. The van der Waals surface area contributed by atoms with Crippen molar-refractivity contribution in [3.63, 3.8) is 0 Å². The van der Waals surface area contributed by atoms with Gasteiger partial charge < -0.3 is 22.3 Å². The number of alkyl halides is 1. The molecule has 2 amide bonds. The van der Waals surface area contributed by atoms with Crippen molar-refractivity contribution in [2.24, 2.45) is 17.2 Å². The summed E-state index contributed by atoms with van der Waals surface area (Å²) in [4.78, 5) is 18.7. The first-order valence-corrected chi connectivity index (χ1v) is 3.04. The topological polar surface area (TPSA) is 132 Å². The van der Waals surface area contributed by atoms with Crippen LogP contribution in [0, 0.1) is 0 Å². The van der Waals surface area contributed by atoms with Crippen LogP contribution in [-0.4, -0.2) is 29.0 Å². The summed E-state index contributed by atoms with van der Waals surface area (Å²) in [5.74, 6) is -1.09. The fourth-order valence-electron chi connectivity index (χ4n) is 0.0660. The van der Waals surface area contributed by atoms with Crippen molar-refractivity contribution in [1.82, 2.24) is 0 Å². The number of halogens is 1. The molecular weight excluding hydrogens is 174 g/mol. The number of carbonyl (C=O) groups excluding carboxylic acids is 1. The van der Waals surface area contributed by atoms with Crippen LogP contribution < -0.4 is 17.2 Å². The molecule has 0 heterocycles. The van der Waals surface area contributed by atoms with Crippen molar-refractivity contribution in [1.29, 1.82) is 0 Å². The van der Waals surface area contributed by atoms with E-state index in [-0.39, 0.29) is 5.88 Å². The first-order chi connectivity index (χ1) is 4.91. The zero-order valence-corrected chi connectivity index (χ0v) is 6.41. The van der Waals surface area contributed by atoms with E-state index >= 15 is 0 Å². The molecule has 0 aromatic carbocycles. The molecule has 0 aliphatic heterocycles. The number of amides is 2. The van der Waals surface area contributed by atoms with E-state index in [1.807, 2.05) is 0 Å². The molecule has 6 nitrogen and oxygen atoms in total. The van der Waals surface area contributed by atoms with Gasteiger partial charge in [-0.2, -0.15) is 0 Å². The molecule has 7 N–H and O–H groups in total. The van der Waals surface area contributed by atoms with Gasteiger partial charge in [0.25, 0.3) is 0 Å². The minimum atomic E-state index is -1.06. The van der Waals surface area contributed by atoms with Gasteiger partial charge >= 0.3 is 12.0 Å². The lowest BCUT2D eigenvalue weighted by Gasteiger charge is -1.95. The molecule has 0 saturated heterocycles. The van der Waals surface area contributed by atoms with Gasteiger partial charge in [-0.1, -0.05) is 0 Å². The maximum absolute atomic E-state index is 9.72. The lowest BCUT2D eigenvalue weighted by Crippen LogP contribution is -2.31. The van der Waals surface area contributed by atoms with Crippen LogP contribution in [0.5, 0.6) is 0 Å².